The molecule has 0 radical (unpaired) electrons. The number of amides is 2. The lowest BCUT2D eigenvalue weighted by Gasteiger charge is -2.25. The number of hydrogen-bond donors (Lipinski definition) is 1. The smallest absolute Gasteiger partial charge is 0.240 e. The lowest BCUT2D eigenvalue weighted by molar-refractivity contribution is -0.123. The third-order valence-corrected chi connectivity index (χ3v) is 8.33. The van der Waals surface area contributed by atoms with Gasteiger partial charge in [-0.1, -0.05) is 39.0 Å². The van der Waals surface area contributed by atoms with Gasteiger partial charge in [-0.05, 0) is 49.9 Å². The fourth-order valence-electron chi connectivity index (χ4n) is 4.81. The number of benzene rings is 2. The molecule has 1 atom stereocenters. The Morgan fingerprint density at radius 1 is 1.16 bits per heavy atom. The fourth-order valence-corrected chi connectivity index (χ4v) is 6.03. The third kappa shape index (κ3) is 4.96. The lowest BCUT2D eigenvalue weighted by Crippen LogP contribution is -2.43. The SMILES string of the molecule is Cc1cccc(-n2nc(C(C)(C)C)c3c2N(CC(=O)NC2CC2)C(=O)CSC3c2ccc(F)cc2F)c1C. The number of nitrogens with one attached hydrogen (secondary N) is 1. The molecule has 5 rings (SSSR count). The van der Waals surface area contributed by atoms with Crippen LogP contribution in [0.25, 0.3) is 5.69 Å². The highest BCUT2D eigenvalue weighted by Crippen LogP contribution is 2.49. The Labute approximate surface area is 225 Å². The summed E-state index contributed by atoms with van der Waals surface area (Å²) in [6.07, 6.45) is 1.86. The van der Waals surface area contributed by atoms with E-state index in [0.29, 0.717) is 17.1 Å². The highest BCUT2D eigenvalue weighted by Gasteiger charge is 2.41. The summed E-state index contributed by atoms with van der Waals surface area (Å²) in [4.78, 5) is 28.1. The van der Waals surface area contributed by atoms with E-state index in [4.69, 9.17) is 5.10 Å². The number of anilines is 1. The van der Waals surface area contributed by atoms with Crippen molar-refractivity contribution in [3.05, 3.63) is 76.0 Å². The topological polar surface area (TPSA) is 67.2 Å². The second-order valence-corrected chi connectivity index (χ2v) is 12.2. The van der Waals surface area contributed by atoms with Crippen molar-refractivity contribution in [2.24, 2.45) is 0 Å². The van der Waals surface area contributed by atoms with E-state index in [-0.39, 0.29) is 35.7 Å². The predicted octanol–water partition coefficient (Wildman–Crippen LogP) is 5.51. The zero-order valence-electron chi connectivity index (χ0n) is 22.3. The fraction of sp³-hybridized carbons (Fsp3) is 0.414. The number of carbonyl (C=O) groups is 2. The van der Waals surface area contributed by atoms with E-state index in [1.807, 2.05) is 52.8 Å². The van der Waals surface area contributed by atoms with E-state index in [1.54, 1.807) is 4.68 Å². The molecule has 1 saturated carbocycles. The number of fused-ring (bicyclic) bond motifs is 1. The molecule has 0 spiro atoms. The summed E-state index contributed by atoms with van der Waals surface area (Å²) >= 11 is 1.27. The molecule has 0 bridgehead atoms. The molecule has 200 valence electrons. The van der Waals surface area contributed by atoms with Gasteiger partial charge in [-0.3, -0.25) is 14.5 Å². The van der Waals surface area contributed by atoms with Crippen molar-refractivity contribution in [2.45, 2.75) is 64.2 Å². The van der Waals surface area contributed by atoms with E-state index in [2.05, 4.69) is 5.32 Å². The molecule has 0 saturated heterocycles. The molecule has 1 unspecified atom stereocenters. The Balaban J connectivity index is 1.79. The van der Waals surface area contributed by atoms with Crippen LogP contribution in [0.5, 0.6) is 0 Å². The van der Waals surface area contributed by atoms with Gasteiger partial charge < -0.3 is 5.32 Å². The largest absolute Gasteiger partial charge is 0.352 e. The Morgan fingerprint density at radius 2 is 1.89 bits per heavy atom. The van der Waals surface area contributed by atoms with Crippen LogP contribution in [0.3, 0.4) is 0 Å². The maximum Gasteiger partial charge on any atom is 0.240 e. The molecular weight excluding hydrogens is 506 g/mol. The van der Waals surface area contributed by atoms with Gasteiger partial charge in [0.15, 0.2) is 0 Å². The molecule has 38 heavy (non-hydrogen) atoms. The molecule has 9 heteroatoms. The Morgan fingerprint density at radius 3 is 2.55 bits per heavy atom. The Hall–Kier alpha value is -3.20. The number of hydrogen-bond acceptors (Lipinski definition) is 4. The minimum Gasteiger partial charge on any atom is -0.352 e. The molecule has 2 amide bonds. The van der Waals surface area contributed by atoms with E-state index in [0.717, 1.165) is 35.7 Å². The van der Waals surface area contributed by atoms with Gasteiger partial charge in [0.25, 0.3) is 0 Å². The molecule has 1 aliphatic carbocycles. The number of rotatable bonds is 5. The van der Waals surface area contributed by atoms with Crippen LogP contribution in [0.15, 0.2) is 36.4 Å². The summed E-state index contributed by atoms with van der Waals surface area (Å²) in [5, 5.41) is 7.40. The van der Waals surface area contributed by atoms with Crippen LogP contribution >= 0.6 is 11.8 Å². The first-order valence-electron chi connectivity index (χ1n) is 12.8. The molecular formula is C29H32F2N4O2S. The zero-order chi connectivity index (χ0) is 27.4. The van der Waals surface area contributed by atoms with Crippen LogP contribution in [0, 0.1) is 25.5 Å². The highest BCUT2D eigenvalue weighted by molar-refractivity contribution is 8.00. The van der Waals surface area contributed by atoms with Gasteiger partial charge in [0.2, 0.25) is 11.8 Å². The van der Waals surface area contributed by atoms with Gasteiger partial charge in [0, 0.05) is 28.7 Å². The van der Waals surface area contributed by atoms with Gasteiger partial charge >= 0.3 is 0 Å². The van der Waals surface area contributed by atoms with E-state index < -0.39 is 22.3 Å². The first kappa shape index (κ1) is 26.4. The monoisotopic (exact) mass is 538 g/mol. The Bertz CT molecular complexity index is 1420. The Kier molecular flexibility index (Phi) is 6.84. The van der Waals surface area contributed by atoms with Crippen molar-refractivity contribution in [1.29, 1.82) is 0 Å². The van der Waals surface area contributed by atoms with Gasteiger partial charge in [0.1, 0.15) is 24.0 Å². The average Bonchev–Trinajstić information content (AvgIpc) is 3.58. The summed E-state index contributed by atoms with van der Waals surface area (Å²) in [6, 6.07) is 9.55. The molecule has 2 heterocycles. The maximum absolute atomic E-state index is 15.2. The van der Waals surface area contributed by atoms with Crippen LogP contribution in [0.2, 0.25) is 0 Å². The minimum absolute atomic E-state index is 0.0310. The van der Waals surface area contributed by atoms with Crippen molar-refractivity contribution < 1.29 is 18.4 Å². The number of aryl methyl sites for hydroxylation is 1. The number of nitrogens with zero attached hydrogens (tertiary/aromatic N) is 3. The van der Waals surface area contributed by atoms with Crippen LogP contribution < -0.4 is 10.2 Å². The predicted molar refractivity (Wildman–Crippen MR) is 146 cm³/mol. The van der Waals surface area contributed by atoms with Gasteiger partial charge in [-0.2, -0.15) is 5.10 Å². The molecule has 1 fully saturated rings. The van der Waals surface area contributed by atoms with Crippen LogP contribution in [-0.4, -0.2) is 39.9 Å². The quantitative estimate of drug-likeness (QED) is 0.465. The van der Waals surface area contributed by atoms with E-state index in [9.17, 15) is 14.0 Å². The second-order valence-electron chi connectivity index (χ2n) is 11.1. The second kappa shape index (κ2) is 9.84. The van der Waals surface area contributed by atoms with Crippen LogP contribution in [0.4, 0.5) is 14.6 Å². The molecule has 1 aromatic heterocycles. The summed E-state index contributed by atoms with van der Waals surface area (Å²) in [7, 11) is 0. The minimum atomic E-state index is -0.680. The standard InChI is InChI=1S/C29H32F2N4O2S/c1-16-7-6-8-22(17(16)2)35-28-25(27(33-35)29(3,4)5)26(20-12-9-18(30)13-21(20)31)38-15-24(37)34(28)14-23(36)32-19-10-11-19/h6-9,12-13,19,26H,10-11,14-15H2,1-5H3,(H,32,36). The first-order valence-corrected chi connectivity index (χ1v) is 13.9. The molecule has 2 aliphatic rings. The molecule has 6 nitrogen and oxygen atoms in total. The normalized spacial score (nSPS) is 17.8. The van der Waals surface area contributed by atoms with Gasteiger partial charge in [0.05, 0.1) is 22.4 Å². The van der Waals surface area contributed by atoms with Crippen LogP contribution in [-0.2, 0) is 15.0 Å². The highest BCUT2D eigenvalue weighted by atomic mass is 32.2. The zero-order valence-corrected chi connectivity index (χ0v) is 23.1. The van der Waals surface area contributed by atoms with Crippen molar-refractivity contribution in [2.75, 3.05) is 17.2 Å². The average molecular weight is 539 g/mol. The van der Waals surface area contributed by atoms with Gasteiger partial charge in [-0.15, -0.1) is 11.8 Å². The van der Waals surface area contributed by atoms with Crippen LogP contribution in [0.1, 0.15) is 66.8 Å². The lowest BCUT2D eigenvalue weighted by atomic mass is 9.87. The molecule has 3 aromatic rings. The van der Waals surface area contributed by atoms with E-state index >= 15 is 4.39 Å². The van der Waals surface area contributed by atoms with Crippen molar-refractivity contribution in [1.82, 2.24) is 15.1 Å². The summed E-state index contributed by atoms with van der Waals surface area (Å²) in [6.45, 7) is 9.88. The van der Waals surface area contributed by atoms with Crippen molar-refractivity contribution in [3.63, 3.8) is 0 Å². The molecule has 1 aliphatic heterocycles. The van der Waals surface area contributed by atoms with E-state index in [1.165, 1.54) is 28.8 Å². The number of thioether (sulfide) groups is 1. The molecule has 1 N–H and O–H groups in total. The van der Waals surface area contributed by atoms with Crippen molar-refractivity contribution in [3.8, 4) is 5.69 Å². The third-order valence-electron chi connectivity index (χ3n) is 7.09. The number of halogens is 2. The first-order chi connectivity index (χ1) is 18.0. The summed E-state index contributed by atoms with van der Waals surface area (Å²) < 4.78 is 30.9. The van der Waals surface area contributed by atoms with Crippen molar-refractivity contribution >= 4 is 29.4 Å². The number of carbonyl (C=O) groups excluding carboxylic acids is 2. The summed E-state index contributed by atoms with van der Waals surface area (Å²) in [5.74, 6) is -1.36. The number of aromatic nitrogens is 2. The maximum atomic E-state index is 15.2. The molecule has 2 aromatic carbocycles. The summed E-state index contributed by atoms with van der Waals surface area (Å²) in [5.41, 5.74) is 3.98. The van der Waals surface area contributed by atoms with Gasteiger partial charge in [-0.25, -0.2) is 13.5 Å².